The van der Waals surface area contributed by atoms with Gasteiger partial charge in [0.2, 0.25) is 0 Å². The third-order valence-corrected chi connectivity index (χ3v) is 6.54. The van der Waals surface area contributed by atoms with Crippen molar-refractivity contribution in [1.82, 2.24) is 0 Å². The van der Waals surface area contributed by atoms with Gasteiger partial charge in [-0.15, -0.1) is 0 Å². The monoisotopic (exact) mass is 442 g/mol. The molecule has 3 aromatic carbocycles. The molecule has 0 atom stereocenters. The zero-order valence-corrected chi connectivity index (χ0v) is 18.5. The second kappa shape index (κ2) is 9.48. The summed E-state index contributed by atoms with van der Waals surface area (Å²) in [5.41, 5.74) is 5.84. The lowest BCUT2D eigenvalue weighted by molar-refractivity contribution is 0.584. The lowest BCUT2D eigenvalue weighted by atomic mass is 9.83. The van der Waals surface area contributed by atoms with Crippen LogP contribution < -0.4 is 0 Å². The zero-order chi connectivity index (χ0) is 22.0. The van der Waals surface area contributed by atoms with E-state index in [1.807, 2.05) is 0 Å². The van der Waals surface area contributed by atoms with Gasteiger partial charge >= 0.3 is 0 Å². The Balaban J connectivity index is 1.60. The normalized spacial score (nSPS) is 12.5. The summed E-state index contributed by atoms with van der Waals surface area (Å²) >= 11 is 5.57. The molecule has 0 aliphatic heterocycles. The van der Waals surface area contributed by atoms with Crippen molar-refractivity contribution in [3.05, 3.63) is 81.6 Å². The fourth-order valence-corrected chi connectivity index (χ4v) is 4.59. The highest BCUT2D eigenvalue weighted by Crippen LogP contribution is 2.38. The van der Waals surface area contributed by atoms with Crippen LogP contribution in [0.2, 0.25) is 5.02 Å². The molecule has 0 bridgehead atoms. The van der Waals surface area contributed by atoms with E-state index < -0.39 is 22.5 Å². The van der Waals surface area contributed by atoms with Crippen molar-refractivity contribution >= 4 is 11.6 Å². The quantitative estimate of drug-likeness (QED) is 0.253. The Morgan fingerprint density at radius 1 is 0.710 bits per heavy atom. The van der Waals surface area contributed by atoms with Gasteiger partial charge in [-0.2, -0.15) is 0 Å². The molecule has 4 rings (SSSR count). The summed E-state index contributed by atoms with van der Waals surface area (Å²) in [7, 11) is 0. The molecule has 1 aliphatic rings. The van der Waals surface area contributed by atoms with Gasteiger partial charge < -0.3 is 0 Å². The maximum atomic E-state index is 15.0. The summed E-state index contributed by atoms with van der Waals surface area (Å²) in [5, 5.41) is -0.572. The molecule has 0 saturated heterocycles. The van der Waals surface area contributed by atoms with Crippen LogP contribution in [-0.4, -0.2) is 0 Å². The summed E-state index contributed by atoms with van der Waals surface area (Å²) < 4.78 is 42.8. The van der Waals surface area contributed by atoms with E-state index in [1.165, 1.54) is 49.3 Å². The number of benzene rings is 3. The van der Waals surface area contributed by atoms with Crippen LogP contribution in [0, 0.1) is 17.5 Å². The molecular weight excluding hydrogens is 417 g/mol. The Morgan fingerprint density at radius 3 is 2.10 bits per heavy atom. The number of hydrogen-bond donors (Lipinski definition) is 0. The average molecular weight is 443 g/mol. The average Bonchev–Trinajstić information content (AvgIpc) is 2.76. The lowest BCUT2D eigenvalue weighted by Gasteiger charge is -2.22. The van der Waals surface area contributed by atoms with E-state index in [0.29, 0.717) is 0 Å². The maximum absolute atomic E-state index is 15.0. The number of unbranched alkanes of at least 4 members (excludes halogenated alkanes) is 4. The molecular formula is C27H26ClF3. The van der Waals surface area contributed by atoms with Gasteiger partial charge in [0.15, 0.2) is 0 Å². The topological polar surface area (TPSA) is 0 Å². The molecule has 4 heteroatoms. The van der Waals surface area contributed by atoms with Crippen molar-refractivity contribution in [3.63, 3.8) is 0 Å². The minimum Gasteiger partial charge on any atom is -0.206 e. The summed E-state index contributed by atoms with van der Waals surface area (Å²) in [5.74, 6) is -2.27. The molecule has 162 valence electrons. The zero-order valence-electron chi connectivity index (χ0n) is 17.7. The molecule has 31 heavy (non-hydrogen) atoms. The third kappa shape index (κ3) is 4.67. The second-order valence-electron chi connectivity index (χ2n) is 8.40. The van der Waals surface area contributed by atoms with Gasteiger partial charge in [0.1, 0.15) is 22.5 Å². The van der Waals surface area contributed by atoms with Gasteiger partial charge in [0, 0.05) is 5.56 Å². The summed E-state index contributed by atoms with van der Waals surface area (Å²) in [4.78, 5) is 0. The minimum atomic E-state index is -0.888. The highest BCUT2D eigenvalue weighted by molar-refractivity contribution is 6.31. The van der Waals surface area contributed by atoms with Gasteiger partial charge in [-0.25, -0.2) is 13.2 Å². The molecule has 0 saturated carbocycles. The van der Waals surface area contributed by atoms with E-state index in [4.69, 9.17) is 11.6 Å². The largest absolute Gasteiger partial charge is 0.206 e. The number of halogens is 4. The van der Waals surface area contributed by atoms with Crippen molar-refractivity contribution in [2.24, 2.45) is 0 Å². The Labute approximate surface area is 187 Å². The Bertz CT molecular complexity index is 1080. The first-order valence-electron chi connectivity index (χ1n) is 11.1. The molecule has 0 fully saturated rings. The lowest BCUT2D eigenvalue weighted by Crippen LogP contribution is -2.06. The first kappa shape index (κ1) is 22.0. The molecule has 0 aromatic heterocycles. The van der Waals surface area contributed by atoms with Gasteiger partial charge in [-0.05, 0) is 83.3 Å². The van der Waals surface area contributed by atoms with Crippen molar-refractivity contribution in [2.45, 2.75) is 58.3 Å². The number of hydrogen-bond acceptors (Lipinski definition) is 0. The van der Waals surface area contributed by atoms with E-state index in [0.717, 1.165) is 48.1 Å². The van der Waals surface area contributed by atoms with E-state index in [9.17, 15) is 13.2 Å². The Hall–Kier alpha value is -2.26. The van der Waals surface area contributed by atoms with Gasteiger partial charge in [-0.1, -0.05) is 62.4 Å². The van der Waals surface area contributed by atoms with Crippen molar-refractivity contribution in [2.75, 3.05) is 0 Å². The first-order valence-corrected chi connectivity index (χ1v) is 11.4. The van der Waals surface area contributed by atoms with Crippen LogP contribution in [0.25, 0.3) is 22.3 Å². The van der Waals surface area contributed by atoms with Crippen molar-refractivity contribution < 1.29 is 13.2 Å². The van der Waals surface area contributed by atoms with Crippen LogP contribution in [0.1, 0.15) is 55.7 Å². The fourth-order valence-electron chi connectivity index (χ4n) is 4.48. The van der Waals surface area contributed by atoms with Crippen LogP contribution >= 0.6 is 11.6 Å². The van der Waals surface area contributed by atoms with Crippen LogP contribution in [-0.2, 0) is 19.3 Å². The molecule has 0 N–H and O–H groups in total. The van der Waals surface area contributed by atoms with E-state index in [-0.39, 0.29) is 11.1 Å². The second-order valence-corrected chi connectivity index (χ2v) is 8.78. The highest BCUT2D eigenvalue weighted by atomic mass is 35.5. The van der Waals surface area contributed by atoms with E-state index in [1.54, 1.807) is 6.07 Å². The predicted molar refractivity (Wildman–Crippen MR) is 122 cm³/mol. The number of aryl methyl sites for hydroxylation is 3. The maximum Gasteiger partial charge on any atom is 0.145 e. The van der Waals surface area contributed by atoms with Crippen LogP contribution in [0.15, 0.2) is 42.5 Å². The SMILES string of the molecule is CCCCCCCc1ccc2c(c1)CCc1cc(-c3cc(F)c(Cl)c(F)c3)c(F)cc1-2. The van der Waals surface area contributed by atoms with Crippen molar-refractivity contribution in [1.29, 1.82) is 0 Å². The standard InChI is InChI=1S/C27H26ClF3/c1-2-3-4-5-6-7-17-8-11-21-18(12-17)9-10-19-13-23(24(29)16-22(19)21)20-14-25(30)27(28)26(31)15-20/h8,11-16H,2-7,9-10H2,1H3. The predicted octanol–water partition coefficient (Wildman–Crippen LogP) is 8.70. The fraction of sp³-hybridized carbons (Fsp3) is 0.333. The first-order chi connectivity index (χ1) is 15.0. The number of fused-ring (bicyclic) bond motifs is 3. The summed E-state index contributed by atoms with van der Waals surface area (Å²) in [6, 6.07) is 11.9. The molecule has 0 spiro atoms. The van der Waals surface area contributed by atoms with Crippen LogP contribution in [0.4, 0.5) is 13.2 Å². The molecule has 0 radical (unpaired) electrons. The van der Waals surface area contributed by atoms with E-state index >= 15 is 0 Å². The molecule has 3 aromatic rings. The smallest absolute Gasteiger partial charge is 0.145 e. The highest BCUT2D eigenvalue weighted by Gasteiger charge is 2.21. The summed E-state index contributed by atoms with van der Waals surface area (Å²) in [6.45, 7) is 2.22. The number of rotatable bonds is 7. The molecule has 0 amide bonds. The molecule has 0 heterocycles. The molecule has 0 nitrogen and oxygen atoms in total. The van der Waals surface area contributed by atoms with E-state index in [2.05, 4.69) is 25.1 Å². The van der Waals surface area contributed by atoms with Crippen LogP contribution in [0.3, 0.4) is 0 Å². The van der Waals surface area contributed by atoms with Gasteiger partial charge in [0.05, 0.1) is 0 Å². The molecule has 1 aliphatic carbocycles. The molecule has 0 unspecified atom stereocenters. The van der Waals surface area contributed by atoms with Gasteiger partial charge in [-0.3, -0.25) is 0 Å². The van der Waals surface area contributed by atoms with Crippen molar-refractivity contribution in [3.8, 4) is 22.3 Å². The third-order valence-electron chi connectivity index (χ3n) is 6.18. The Morgan fingerprint density at radius 2 is 1.39 bits per heavy atom. The van der Waals surface area contributed by atoms with Crippen LogP contribution in [0.5, 0.6) is 0 Å². The van der Waals surface area contributed by atoms with Gasteiger partial charge in [0.25, 0.3) is 0 Å². The Kier molecular flexibility index (Phi) is 6.71. The summed E-state index contributed by atoms with van der Waals surface area (Å²) in [6.07, 6.45) is 9.01. The minimum absolute atomic E-state index is 0.156.